The second-order valence-corrected chi connectivity index (χ2v) is 3.24. The van der Waals surface area contributed by atoms with Crippen LogP contribution in [0.5, 0.6) is 0 Å². The van der Waals surface area contributed by atoms with E-state index in [1.807, 2.05) is 5.75 Å². The molecular weight excluding hydrogens is 110 g/mol. The minimum Gasteiger partial charge on any atom is -0.354 e. The van der Waals surface area contributed by atoms with Crippen LogP contribution in [0, 0.1) is 5.75 Å². The fourth-order valence-corrected chi connectivity index (χ4v) is 1.47. The number of nitrogens with one attached hydrogen (secondary N) is 1. The van der Waals surface area contributed by atoms with Gasteiger partial charge in [0.25, 0.3) is 0 Å². The molecule has 3 heteroatoms. The third kappa shape index (κ3) is 1.67. The lowest BCUT2D eigenvalue weighted by atomic mass is 10.6. The Morgan fingerprint density at radius 1 is 1.71 bits per heavy atom. The van der Waals surface area contributed by atoms with Crippen LogP contribution in [0.4, 0.5) is 0 Å². The van der Waals surface area contributed by atoms with Crippen LogP contribution in [0.25, 0.3) is 0 Å². The summed E-state index contributed by atoms with van der Waals surface area (Å²) >= 11 is -0.679. The van der Waals surface area contributed by atoms with Gasteiger partial charge in [0.15, 0.2) is 0 Å². The molecule has 0 aromatic carbocycles. The fraction of sp³-hybridized carbons (Fsp3) is 0.750. The van der Waals surface area contributed by atoms with Crippen molar-refractivity contribution in [1.29, 1.82) is 0 Å². The molecule has 0 aliphatic carbocycles. The summed E-state index contributed by atoms with van der Waals surface area (Å²) in [6.45, 7) is 1.88. The van der Waals surface area contributed by atoms with Gasteiger partial charge in [0.1, 0.15) is 0 Å². The van der Waals surface area contributed by atoms with Crippen molar-refractivity contribution >= 4 is 11.2 Å². The minimum absolute atomic E-state index is 0.679. The molecule has 1 radical (unpaired) electrons. The van der Waals surface area contributed by atoms with Gasteiger partial charge in [0.05, 0.1) is 0 Å². The molecule has 0 amide bonds. The molecule has 1 rings (SSSR count). The first-order valence-electron chi connectivity index (χ1n) is 2.39. The molecule has 0 aromatic rings. The van der Waals surface area contributed by atoms with Crippen molar-refractivity contribution in [3.8, 4) is 0 Å². The van der Waals surface area contributed by atoms with E-state index in [-0.39, 0.29) is 0 Å². The van der Waals surface area contributed by atoms with Gasteiger partial charge >= 0.3 is 0 Å². The molecule has 2 N–H and O–H groups in total. The van der Waals surface area contributed by atoms with Crippen molar-refractivity contribution in [3.05, 3.63) is 5.75 Å². The van der Waals surface area contributed by atoms with Crippen LogP contribution in [0.1, 0.15) is 0 Å². The third-order valence-corrected chi connectivity index (χ3v) is 2.25. The SMILES string of the molecule is O[SH]1[CH]CNCC1. The molecule has 0 aromatic heterocycles. The van der Waals surface area contributed by atoms with Crippen LogP contribution in [-0.2, 0) is 0 Å². The largest absolute Gasteiger partial charge is 0.354 e. The Bertz CT molecular complexity index is 53.7. The predicted octanol–water partition coefficient (Wildman–Crippen LogP) is 0.226. The van der Waals surface area contributed by atoms with Crippen LogP contribution in [0.3, 0.4) is 0 Å². The average Bonchev–Trinajstić information content (AvgIpc) is 1.69. The van der Waals surface area contributed by atoms with E-state index < -0.39 is 11.2 Å². The van der Waals surface area contributed by atoms with Crippen LogP contribution in [-0.4, -0.2) is 23.4 Å². The normalized spacial score (nSPS) is 27.9. The highest BCUT2D eigenvalue weighted by Crippen LogP contribution is 2.23. The quantitative estimate of drug-likeness (QED) is 0.400. The zero-order chi connectivity index (χ0) is 5.11. The molecule has 0 saturated carbocycles. The summed E-state index contributed by atoms with van der Waals surface area (Å²) in [6.07, 6.45) is 0. The first-order chi connectivity index (χ1) is 3.39. The third-order valence-electron chi connectivity index (χ3n) is 0.964. The van der Waals surface area contributed by atoms with E-state index in [4.69, 9.17) is 4.55 Å². The second kappa shape index (κ2) is 2.55. The van der Waals surface area contributed by atoms with Crippen molar-refractivity contribution in [3.63, 3.8) is 0 Å². The number of hydrogen-bond donors (Lipinski definition) is 3. The molecule has 1 unspecified atom stereocenters. The number of rotatable bonds is 0. The Kier molecular flexibility index (Phi) is 1.97. The molecule has 2 nitrogen and oxygen atoms in total. The molecule has 7 heavy (non-hydrogen) atoms. The van der Waals surface area contributed by atoms with Crippen molar-refractivity contribution in [2.24, 2.45) is 0 Å². The zero-order valence-corrected chi connectivity index (χ0v) is 4.99. The Morgan fingerprint density at radius 2 is 2.57 bits per heavy atom. The van der Waals surface area contributed by atoms with Gasteiger partial charge in [0.2, 0.25) is 0 Å². The molecule has 1 fully saturated rings. The Labute approximate surface area is 46.5 Å². The highest BCUT2D eigenvalue weighted by Gasteiger charge is 2.03. The van der Waals surface area contributed by atoms with Crippen LogP contribution < -0.4 is 5.32 Å². The summed E-state index contributed by atoms with van der Waals surface area (Å²) < 4.78 is 8.88. The van der Waals surface area contributed by atoms with Gasteiger partial charge in [0, 0.05) is 24.6 Å². The maximum absolute atomic E-state index is 8.88. The van der Waals surface area contributed by atoms with Crippen LogP contribution in [0.15, 0.2) is 0 Å². The minimum atomic E-state index is -0.679. The first kappa shape index (κ1) is 5.41. The Hall–Kier alpha value is 0.270. The zero-order valence-electron chi connectivity index (χ0n) is 4.09. The average molecular weight is 120 g/mol. The van der Waals surface area contributed by atoms with Gasteiger partial charge < -0.3 is 9.87 Å². The van der Waals surface area contributed by atoms with Crippen molar-refractivity contribution in [2.75, 3.05) is 18.8 Å². The van der Waals surface area contributed by atoms with E-state index in [0.29, 0.717) is 0 Å². The van der Waals surface area contributed by atoms with E-state index in [1.54, 1.807) is 0 Å². The second-order valence-electron chi connectivity index (χ2n) is 1.55. The van der Waals surface area contributed by atoms with E-state index in [9.17, 15) is 0 Å². The van der Waals surface area contributed by atoms with Gasteiger partial charge in [-0.2, -0.15) is 0 Å². The van der Waals surface area contributed by atoms with Crippen LogP contribution in [0.2, 0.25) is 0 Å². The van der Waals surface area contributed by atoms with Gasteiger partial charge in [-0.05, 0) is 0 Å². The van der Waals surface area contributed by atoms with Crippen molar-refractivity contribution in [2.45, 2.75) is 0 Å². The van der Waals surface area contributed by atoms with Gasteiger partial charge in [-0.3, -0.25) is 0 Å². The lowest BCUT2D eigenvalue weighted by Crippen LogP contribution is -2.25. The molecule has 1 aliphatic rings. The van der Waals surface area contributed by atoms with Gasteiger partial charge in [-0.15, -0.1) is 11.2 Å². The van der Waals surface area contributed by atoms with Crippen LogP contribution >= 0.6 is 11.2 Å². The summed E-state index contributed by atoms with van der Waals surface area (Å²) in [5, 5.41) is 3.12. The highest BCUT2D eigenvalue weighted by atomic mass is 32.2. The molecule has 1 saturated heterocycles. The molecular formula is C4H10NOS. The summed E-state index contributed by atoms with van der Waals surface area (Å²) in [4.78, 5) is 0. The predicted molar refractivity (Wildman–Crippen MR) is 33.7 cm³/mol. The smallest absolute Gasteiger partial charge is 0.0335 e. The first-order valence-corrected chi connectivity index (χ1v) is 3.94. The van der Waals surface area contributed by atoms with Crippen molar-refractivity contribution in [1.82, 2.24) is 5.32 Å². The van der Waals surface area contributed by atoms with Crippen molar-refractivity contribution < 1.29 is 4.55 Å². The lowest BCUT2D eigenvalue weighted by molar-refractivity contribution is 0.631. The summed E-state index contributed by atoms with van der Waals surface area (Å²) in [5.41, 5.74) is 0. The molecule has 0 spiro atoms. The summed E-state index contributed by atoms with van der Waals surface area (Å²) in [5.74, 6) is 2.88. The molecule has 1 heterocycles. The van der Waals surface area contributed by atoms with E-state index in [2.05, 4.69) is 5.32 Å². The standard InChI is InChI=1S/C4H10NOS/c6-7-3-1-5-2-4-7/h3,5-7H,1-2,4H2. The molecule has 1 aliphatic heterocycles. The maximum Gasteiger partial charge on any atom is 0.0335 e. The monoisotopic (exact) mass is 120 g/mol. The van der Waals surface area contributed by atoms with E-state index in [1.165, 1.54) is 0 Å². The van der Waals surface area contributed by atoms with E-state index >= 15 is 0 Å². The molecule has 1 atom stereocenters. The number of thiol groups is 1. The fourth-order valence-electron chi connectivity index (χ4n) is 0.557. The van der Waals surface area contributed by atoms with Gasteiger partial charge in [-0.25, -0.2) is 0 Å². The van der Waals surface area contributed by atoms with Gasteiger partial charge in [-0.1, -0.05) is 0 Å². The summed E-state index contributed by atoms with van der Waals surface area (Å²) in [6, 6.07) is 0. The summed E-state index contributed by atoms with van der Waals surface area (Å²) in [7, 11) is 0. The molecule has 43 valence electrons. The highest BCUT2D eigenvalue weighted by molar-refractivity contribution is 8.13. The molecule has 0 bridgehead atoms. The number of hydrogen-bond acceptors (Lipinski definition) is 2. The lowest BCUT2D eigenvalue weighted by Gasteiger charge is -2.19. The Morgan fingerprint density at radius 3 is 2.86 bits per heavy atom. The Balaban J connectivity index is 2.12. The maximum atomic E-state index is 8.88. The van der Waals surface area contributed by atoms with E-state index in [0.717, 1.165) is 18.8 Å². The topological polar surface area (TPSA) is 32.3 Å².